The molecule has 0 bridgehead atoms. The van der Waals surface area contributed by atoms with Crippen molar-refractivity contribution in [2.45, 2.75) is 27.7 Å². The summed E-state index contributed by atoms with van der Waals surface area (Å²) in [4.78, 5) is 4.69. The molecule has 0 spiro atoms. The molecule has 0 fully saturated rings. The maximum absolute atomic E-state index is 4.69. The van der Waals surface area contributed by atoms with Gasteiger partial charge in [-0.2, -0.15) is 0 Å². The van der Waals surface area contributed by atoms with Crippen molar-refractivity contribution in [2.24, 2.45) is 10.4 Å². The highest BCUT2D eigenvalue weighted by Gasteiger charge is 2.09. The summed E-state index contributed by atoms with van der Waals surface area (Å²) in [5.41, 5.74) is 3.82. The maximum atomic E-state index is 4.69. The molecule has 0 saturated heterocycles. The van der Waals surface area contributed by atoms with Crippen LogP contribution in [0.4, 0.5) is 0 Å². The predicted molar refractivity (Wildman–Crippen MR) is 87.9 cm³/mol. The van der Waals surface area contributed by atoms with Crippen LogP contribution in [0.3, 0.4) is 0 Å². The molecular formula is C15H19IN2. The number of hydrogen-bond acceptors (Lipinski definition) is 1. The summed E-state index contributed by atoms with van der Waals surface area (Å²) >= 11 is 2.30. The number of nitrogens with zero attached hydrogens (tertiary/aromatic N) is 2. The molecule has 0 aliphatic rings. The third kappa shape index (κ3) is 3.13. The van der Waals surface area contributed by atoms with Gasteiger partial charge in [0.2, 0.25) is 0 Å². The van der Waals surface area contributed by atoms with Crippen LogP contribution in [0.25, 0.3) is 10.9 Å². The topological polar surface area (TPSA) is 17.3 Å². The van der Waals surface area contributed by atoms with E-state index >= 15 is 0 Å². The lowest BCUT2D eigenvalue weighted by Gasteiger charge is -2.15. The fraction of sp³-hybridized carbons (Fsp3) is 0.400. The maximum Gasteiger partial charge on any atom is 0.0640 e. The van der Waals surface area contributed by atoms with Crippen molar-refractivity contribution in [1.82, 2.24) is 2.78 Å². The second kappa shape index (κ2) is 5.03. The largest absolute Gasteiger partial charge is 0.290 e. The third-order valence-corrected chi connectivity index (χ3v) is 3.70. The Morgan fingerprint density at radius 3 is 2.67 bits per heavy atom. The zero-order chi connectivity index (χ0) is 13.3. The standard InChI is InChI=1S/C15H19IN2/c1-11(17-10-15(2,3)4)13-6-5-12-7-8-18(16)14(12)9-13/h5-9H,10H2,1-4H3. The second-order valence-corrected chi connectivity index (χ2v) is 6.90. The van der Waals surface area contributed by atoms with E-state index in [9.17, 15) is 0 Å². The first-order chi connectivity index (χ1) is 8.37. The van der Waals surface area contributed by atoms with Gasteiger partial charge in [-0.25, -0.2) is 0 Å². The summed E-state index contributed by atoms with van der Waals surface area (Å²) in [6, 6.07) is 8.66. The molecule has 2 rings (SSSR count). The van der Waals surface area contributed by atoms with Crippen molar-refractivity contribution in [1.29, 1.82) is 0 Å². The molecule has 0 radical (unpaired) electrons. The number of hydrogen-bond donors (Lipinski definition) is 0. The highest BCUT2D eigenvalue weighted by atomic mass is 127. The quantitative estimate of drug-likeness (QED) is 0.550. The molecule has 3 heteroatoms. The van der Waals surface area contributed by atoms with Gasteiger partial charge >= 0.3 is 0 Å². The van der Waals surface area contributed by atoms with E-state index in [1.54, 1.807) is 0 Å². The number of rotatable bonds is 2. The fourth-order valence-electron chi connectivity index (χ4n) is 1.77. The normalized spacial score (nSPS) is 13.3. The molecule has 2 aromatic rings. The van der Waals surface area contributed by atoms with E-state index in [1.807, 2.05) is 0 Å². The van der Waals surface area contributed by atoms with E-state index < -0.39 is 0 Å². The molecule has 1 heterocycles. The molecule has 96 valence electrons. The van der Waals surface area contributed by atoms with Crippen molar-refractivity contribution < 1.29 is 0 Å². The van der Waals surface area contributed by atoms with Gasteiger partial charge in [-0.15, -0.1) is 0 Å². The fourth-order valence-corrected chi connectivity index (χ4v) is 2.35. The first kappa shape index (κ1) is 13.6. The Kier molecular flexibility index (Phi) is 3.80. The van der Waals surface area contributed by atoms with Crippen LogP contribution >= 0.6 is 22.9 Å². The van der Waals surface area contributed by atoms with Crippen LogP contribution in [0.5, 0.6) is 0 Å². The Labute approximate surface area is 123 Å². The first-order valence-electron chi connectivity index (χ1n) is 6.15. The lowest BCUT2D eigenvalue weighted by Crippen LogP contribution is -2.11. The van der Waals surface area contributed by atoms with Crippen molar-refractivity contribution in [2.75, 3.05) is 6.54 Å². The molecule has 1 aromatic heterocycles. The first-order valence-corrected chi connectivity index (χ1v) is 7.12. The number of aromatic nitrogens is 1. The van der Waals surface area contributed by atoms with Crippen molar-refractivity contribution in [3.8, 4) is 0 Å². The van der Waals surface area contributed by atoms with Crippen LogP contribution in [0.15, 0.2) is 35.5 Å². The Bertz CT molecular complexity index is 588. The molecule has 18 heavy (non-hydrogen) atoms. The van der Waals surface area contributed by atoms with Crippen LogP contribution < -0.4 is 0 Å². The van der Waals surface area contributed by atoms with Gasteiger partial charge in [-0.1, -0.05) is 32.9 Å². The highest BCUT2D eigenvalue weighted by molar-refractivity contribution is 14.1. The summed E-state index contributed by atoms with van der Waals surface area (Å²) < 4.78 is 2.12. The molecule has 0 N–H and O–H groups in total. The smallest absolute Gasteiger partial charge is 0.0640 e. The van der Waals surface area contributed by atoms with Gasteiger partial charge in [-0.3, -0.25) is 7.77 Å². The van der Waals surface area contributed by atoms with Crippen molar-refractivity contribution in [3.63, 3.8) is 0 Å². The van der Waals surface area contributed by atoms with Crippen LogP contribution in [0.2, 0.25) is 0 Å². The van der Waals surface area contributed by atoms with Crippen LogP contribution in [0, 0.1) is 5.41 Å². The molecule has 2 nitrogen and oxygen atoms in total. The molecule has 0 saturated carbocycles. The minimum Gasteiger partial charge on any atom is -0.290 e. The third-order valence-electron chi connectivity index (χ3n) is 2.85. The average Bonchev–Trinajstić information content (AvgIpc) is 2.67. The van der Waals surface area contributed by atoms with E-state index in [0.29, 0.717) is 0 Å². The Morgan fingerprint density at radius 2 is 2.00 bits per heavy atom. The van der Waals surface area contributed by atoms with E-state index in [-0.39, 0.29) is 5.41 Å². The Hall–Kier alpha value is -0.840. The highest BCUT2D eigenvalue weighted by Crippen LogP contribution is 2.20. The van der Waals surface area contributed by atoms with Crippen LogP contribution in [-0.2, 0) is 0 Å². The zero-order valence-electron chi connectivity index (χ0n) is 11.4. The summed E-state index contributed by atoms with van der Waals surface area (Å²) in [7, 11) is 0. The zero-order valence-corrected chi connectivity index (χ0v) is 13.5. The van der Waals surface area contributed by atoms with Gasteiger partial charge < -0.3 is 0 Å². The van der Waals surface area contributed by atoms with Crippen LogP contribution in [-0.4, -0.2) is 15.0 Å². The molecule has 0 unspecified atom stereocenters. The van der Waals surface area contributed by atoms with Crippen LogP contribution in [0.1, 0.15) is 33.3 Å². The second-order valence-electron chi connectivity index (χ2n) is 5.86. The number of benzene rings is 1. The summed E-state index contributed by atoms with van der Waals surface area (Å²) in [5, 5.41) is 1.27. The number of halogens is 1. The lowest BCUT2D eigenvalue weighted by molar-refractivity contribution is 0.429. The van der Waals surface area contributed by atoms with E-state index in [0.717, 1.165) is 12.3 Å². The molecule has 0 atom stereocenters. The Balaban J connectivity index is 2.33. The summed E-state index contributed by atoms with van der Waals surface area (Å²) in [6.45, 7) is 9.59. The van der Waals surface area contributed by atoms with E-state index in [1.165, 1.54) is 16.5 Å². The SMILES string of the molecule is CC(=NCC(C)(C)C)c1ccc2ccn(I)c2c1. The number of fused-ring (bicyclic) bond motifs is 1. The Morgan fingerprint density at radius 1 is 1.28 bits per heavy atom. The van der Waals surface area contributed by atoms with Gasteiger partial charge in [-0.05, 0) is 30.0 Å². The van der Waals surface area contributed by atoms with E-state index in [4.69, 9.17) is 4.99 Å². The molecule has 0 aliphatic carbocycles. The average molecular weight is 354 g/mol. The van der Waals surface area contributed by atoms with Gasteiger partial charge in [0.15, 0.2) is 0 Å². The summed E-state index contributed by atoms with van der Waals surface area (Å²) in [5.74, 6) is 0. The molecule has 0 amide bonds. The van der Waals surface area contributed by atoms with Crippen molar-refractivity contribution >= 4 is 39.5 Å². The van der Waals surface area contributed by atoms with Gasteiger partial charge in [0.25, 0.3) is 0 Å². The van der Waals surface area contributed by atoms with Gasteiger partial charge in [0.05, 0.1) is 28.4 Å². The predicted octanol–water partition coefficient (Wildman–Crippen LogP) is 4.69. The van der Waals surface area contributed by atoms with E-state index in [2.05, 4.69) is 83.8 Å². The minimum atomic E-state index is 0.245. The van der Waals surface area contributed by atoms with Crippen molar-refractivity contribution in [3.05, 3.63) is 36.0 Å². The van der Waals surface area contributed by atoms with Gasteiger partial charge in [0, 0.05) is 23.8 Å². The minimum absolute atomic E-state index is 0.245. The molecular weight excluding hydrogens is 335 g/mol. The monoisotopic (exact) mass is 354 g/mol. The summed E-state index contributed by atoms with van der Waals surface area (Å²) in [6.07, 6.45) is 2.08. The lowest BCUT2D eigenvalue weighted by atomic mass is 9.97. The molecule has 1 aromatic carbocycles. The van der Waals surface area contributed by atoms with Gasteiger partial charge in [0.1, 0.15) is 0 Å². The molecule has 0 aliphatic heterocycles. The number of aliphatic imine (C=N–C) groups is 1.